The Hall–Kier alpha value is -2.79. The summed E-state index contributed by atoms with van der Waals surface area (Å²) in [5, 5.41) is 0. The first-order chi connectivity index (χ1) is 14.8. The Morgan fingerprint density at radius 1 is 1.19 bits per heavy atom. The molecule has 1 fully saturated rings. The quantitative estimate of drug-likeness (QED) is 0.664. The summed E-state index contributed by atoms with van der Waals surface area (Å²) in [6, 6.07) is 14.4. The van der Waals surface area contributed by atoms with Crippen molar-refractivity contribution in [1.29, 1.82) is 0 Å². The molecule has 0 radical (unpaired) electrons. The number of rotatable bonds is 5. The first kappa shape index (κ1) is 21.4. The average Bonchev–Trinajstić information content (AvgIpc) is 3.11. The number of allylic oxidation sites excluding steroid dienone is 1. The van der Waals surface area contributed by atoms with Crippen LogP contribution < -0.4 is 9.64 Å². The zero-order valence-corrected chi connectivity index (χ0v) is 19.1. The van der Waals surface area contributed by atoms with Crippen molar-refractivity contribution < 1.29 is 14.3 Å². The van der Waals surface area contributed by atoms with Crippen LogP contribution in [-0.2, 0) is 10.2 Å². The highest BCUT2D eigenvalue weighted by molar-refractivity contribution is 5.91. The van der Waals surface area contributed by atoms with Gasteiger partial charge in [0.05, 0.1) is 12.7 Å². The van der Waals surface area contributed by atoms with Crippen molar-refractivity contribution in [3.05, 3.63) is 71.0 Å². The van der Waals surface area contributed by atoms with Crippen LogP contribution in [0, 0.1) is 6.92 Å². The summed E-state index contributed by atoms with van der Waals surface area (Å²) in [6.45, 7) is 3.13. The molecule has 0 saturated carbocycles. The van der Waals surface area contributed by atoms with Crippen LogP contribution in [-0.4, -0.2) is 51.7 Å². The smallest absolute Gasteiger partial charge is 0.343 e. The molecule has 1 aliphatic carbocycles. The zero-order chi connectivity index (χ0) is 22.2. The van der Waals surface area contributed by atoms with Crippen LogP contribution in [0.5, 0.6) is 5.75 Å². The number of fused-ring (bicyclic) bond motifs is 1. The van der Waals surface area contributed by atoms with Gasteiger partial charge in [0.1, 0.15) is 11.5 Å². The van der Waals surface area contributed by atoms with Gasteiger partial charge in [-0.25, -0.2) is 4.79 Å². The number of ether oxygens (including phenoxy) is 2. The van der Waals surface area contributed by atoms with Crippen molar-refractivity contribution in [2.75, 3.05) is 39.7 Å². The van der Waals surface area contributed by atoms with E-state index in [-0.39, 0.29) is 11.4 Å². The lowest BCUT2D eigenvalue weighted by atomic mass is 9.68. The Balaban J connectivity index is 1.57. The number of likely N-dealkylation sites (tertiary alicyclic amines) is 1. The topological polar surface area (TPSA) is 42.0 Å². The largest absolute Gasteiger partial charge is 0.496 e. The number of hydrogen-bond acceptors (Lipinski definition) is 5. The van der Waals surface area contributed by atoms with E-state index in [4.69, 9.17) is 9.47 Å². The van der Waals surface area contributed by atoms with Gasteiger partial charge in [-0.1, -0.05) is 18.2 Å². The van der Waals surface area contributed by atoms with Crippen molar-refractivity contribution in [1.82, 2.24) is 4.90 Å². The van der Waals surface area contributed by atoms with Gasteiger partial charge in [0.25, 0.3) is 0 Å². The van der Waals surface area contributed by atoms with Crippen LogP contribution in [0.15, 0.2) is 54.3 Å². The van der Waals surface area contributed by atoms with E-state index in [9.17, 15) is 4.79 Å². The van der Waals surface area contributed by atoms with Crippen LogP contribution in [0.2, 0.25) is 0 Å². The third-order valence-electron chi connectivity index (χ3n) is 6.96. The number of carbonyl (C=O) groups is 1. The van der Waals surface area contributed by atoms with E-state index < -0.39 is 0 Å². The van der Waals surface area contributed by atoms with E-state index in [0.717, 1.165) is 48.6 Å². The number of esters is 1. The van der Waals surface area contributed by atoms with Gasteiger partial charge in [-0.2, -0.15) is 0 Å². The standard InChI is InChI=1S/C26H32N2O3/c1-18-15-20(9-10-23(18)30-5)26-12-11-22(17-24(26)28(4)14-13-26)31-25(29)19-7-6-8-21(16-19)27(2)3/h6-11,15-16,24H,12-14,17H2,1-5H3. The molecule has 5 heteroatoms. The maximum absolute atomic E-state index is 12.8. The molecule has 0 bridgehead atoms. The molecule has 2 atom stereocenters. The number of methoxy groups -OCH3 is 1. The number of aryl methyl sites for hydroxylation is 1. The van der Waals surface area contributed by atoms with Crippen molar-refractivity contribution >= 4 is 11.7 Å². The lowest BCUT2D eigenvalue weighted by Crippen LogP contribution is -2.43. The first-order valence-electron chi connectivity index (χ1n) is 10.9. The van der Waals surface area contributed by atoms with Crippen molar-refractivity contribution in [3.8, 4) is 5.75 Å². The minimum Gasteiger partial charge on any atom is -0.496 e. The van der Waals surface area contributed by atoms with Crippen LogP contribution in [0.1, 0.15) is 40.7 Å². The van der Waals surface area contributed by atoms with E-state index >= 15 is 0 Å². The van der Waals surface area contributed by atoms with E-state index in [1.165, 1.54) is 5.56 Å². The van der Waals surface area contributed by atoms with E-state index in [1.807, 2.05) is 43.3 Å². The van der Waals surface area contributed by atoms with Crippen molar-refractivity contribution in [2.24, 2.45) is 0 Å². The lowest BCUT2D eigenvalue weighted by molar-refractivity contribution is 0.0580. The Kier molecular flexibility index (Phi) is 5.80. The molecule has 2 aromatic rings. The van der Waals surface area contributed by atoms with Gasteiger partial charge in [-0.3, -0.25) is 0 Å². The molecule has 1 saturated heterocycles. The third-order valence-corrected chi connectivity index (χ3v) is 6.96. The minimum absolute atomic E-state index is 0.0481. The summed E-state index contributed by atoms with van der Waals surface area (Å²) in [5.41, 5.74) is 4.11. The summed E-state index contributed by atoms with van der Waals surface area (Å²) < 4.78 is 11.3. The molecule has 1 aliphatic heterocycles. The molecule has 164 valence electrons. The van der Waals surface area contributed by atoms with Gasteiger partial charge in [-0.05, 0) is 74.8 Å². The number of anilines is 1. The van der Waals surface area contributed by atoms with Gasteiger partial charge in [0, 0.05) is 37.7 Å². The lowest BCUT2D eigenvalue weighted by Gasteiger charge is -2.40. The minimum atomic E-state index is -0.289. The van der Waals surface area contributed by atoms with Gasteiger partial charge in [0.2, 0.25) is 0 Å². The summed E-state index contributed by atoms with van der Waals surface area (Å²) in [7, 11) is 7.81. The monoisotopic (exact) mass is 420 g/mol. The second-order valence-corrected chi connectivity index (χ2v) is 9.00. The number of likely N-dealkylation sites (N-methyl/N-ethyl adjacent to an activating group) is 1. The molecule has 31 heavy (non-hydrogen) atoms. The summed E-state index contributed by atoms with van der Waals surface area (Å²) >= 11 is 0. The molecule has 4 rings (SSSR count). The van der Waals surface area contributed by atoms with Crippen LogP contribution in [0.3, 0.4) is 0 Å². The molecule has 2 aromatic carbocycles. The van der Waals surface area contributed by atoms with Gasteiger partial charge < -0.3 is 19.3 Å². The average molecular weight is 421 g/mol. The first-order valence-corrected chi connectivity index (χ1v) is 10.9. The highest BCUT2D eigenvalue weighted by atomic mass is 16.5. The normalized spacial score (nSPS) is 23.1. The van der Waals surface area contributed by atoms with Gasteiger partial charge in [-0.15, -0.1) is 0 Å². The highest BCUT2D eigenvalue weighted by Crippen LogP contribution is 2.48. The fourth-order valence-corrected chi connectivity index (χ4v) is 5.09. The maximum atomic E-state index is 12.8. The van der Waals surface area contributed by atoms with Gasteiger partial charge >= 0.3 is 5.97 Å². The zero-order valence-electron chi connectivity index (χ0n) is 19.1. The second kappa shape index (κ2) is 8.39. The van der Waals surface area contributed by atoms with Crippen LogP contribution in [0.25, 0.3) is 0 Å². The molecule has 0 N–H and O–H groups in total. The highest BCUT2D eigenvalue weighted by Gasteiger charge is 2.49. The number of carbonyl (C=O) groups excluding carboxylic acids is 1. The molecule has 2 aliphatic rings. The Morgan fingerprint density at radius 2 is 2.00 bits per heavy atom. The Bertz CT molecular complexity index is 1010. The molecular formula is C26H32N2O3. The molecule has 2 unspecified atom stereocenters. The number of nitrogens with zero attached hydrogens (tertiary/aromatic N) is 2. The van der Waals surface area contributed by atoms with E-state index in [0.29, 0.717) is 11.6 Å². The SMILES string of the molecule is COc1ccc(C23CC=C(OC(=O)c4cccc(N(C)C)c4)CC2N(C)CC3)cc1C. The second-order valence-electron chi connectivity index (χ2n) is 9.00. The van der Waals surface area contributed by atoms with Crippen LogP contribution >= 0.6 is 0 Å². The Labute approximate surface area is 185 Å². The predicted molar refractivity (Wildman–Crippen MR) is 124 cm³/mol. The van der Waals surface area contributed by atoms with Crippen LogP contribution in [0.4, 0.5) is 5.69 Å². The summed E-state index contributed by atoms with van der Waals surface area (Å²) in [4.78, 5) is 17.2. The maximum Gasteiger partial charge on any atom is 0.343 e. The van der Waals surface area contributed by atoms with Gasteiger partial charge in [0.15, 0.2) is 0 Å². The summed E-state index contributed by atoms with van der Waals surface area (Å²) in [5.74, 6) is 1.41. The fourth-order valence-electron chi connectivity index (χ4n) is 5.09. The Morgan fingerprint density at radius 3 is 2.71 bits per heavy atom. The number of hydrogen-bond donors (Lipinski definition) is 0. The molecule has 0 aromatic heterocycles. The predicted octanol–water partition coefficient (Wildman–Crippen LogP) is 4.55. The molecule has 0 spiro atoms. The molecule has 1 heterocycles. The molecule has 0 amide bonds. The summed E-state index contributed by atoms with van der Waals surface area (Å²) in [6.07, 6.45) is 4.83. The molecular weight excluding hydrogens is 388 g/mol. The van der Waals surface area contributed by atoms with Crippen molar-refractivity contribution in [2.45, 2.75) is 37.6 Å². The van der Waals surface area contributed by atoms with Crippen molar-refractivity contribution in [3.63, 3.8) is 0 Å². The number of benzene rings is 2. The van der Waals surface area contributed by atoms with E-state index in [2.05, 4.69) is 43.1 Å². The van der Waals surface area contributed by atoms with E-state index in [1.54, 1.807) is 7.11 Å². The fraction of sp³-hybridized carbons (Fsp3) is 0.423. The third kappa shape index (κ3) is 3.94. The molecule has 5 nitrogen and oxygen atoms in total.